The van der Waals surface area contributed by atoms with Gasteiger partial charge in [0.15, 0.2) is 18.3 Å². The first kappa shape index (κ1) is 23.3. The van der Waals surface area contributed by atoms with Crippen molar-refractivity contribution >= 4 is 23.9 Å². The summed E-state index contributed by atoms with van der Waals surface area (Å²) >= 11 is 0. The molecule has 0 bridgehead atoms. The molecule has 1 aromatic carbocycles. The molecular formula is C21H25O9. The van der Waals surface area contributed by atoms with Crippen molar-refractivity contribution in [3.05, 3.63) is 42.3 Å². The van der Waals surface area contributed by atoms with E-state index in [2.05, 4.69) is 6.92 Å². The Labute approximate surface area is 174 Å². The largest absolute Gasteiger partial charge is 0.463 e. The monoisotopic (exact) mass is 421 g/mol. The second-order valence-electron chi connectivity index (χ2n) is 6.82. The van der Waals surface area contributed by atoms with Crippen molar-refractivity contribution in [2.45, 2.75) is 58.2 Å². The highest BCUT2D eigenvalue weighted by atomic mass is 16.7. The Balaban J connectivity index is 2.55. The van der Waals surface area contributed by atoms with E-state index in [9.17, 15) is 19.2 Å². The van der Waals surface area contributed by atoms with Crippen LogP contribution in [0.1, 0.15) is 44.9 Å². The molecule has 9 nitrogen and oxygen atoms in total. The van der Waals surface area contributed by atoms with Gasteiger partial charge in [0.25, 0.3) is 0 Å². The van der Waals surface area contributed by atoms with Crippen molar-refractivity contribution in [3.63, 3.8) is 0 Å². The lowest BCUT2D eigenvalue weighted by Crippen LogP contribution is -2.59. The number of carbonyl (C=O) groups excluding carboxylic acids is 4. The molecule has 5 atom stereocenters. The quantitative estimate of drug-likeness (QED) is 0.500. The summed E-state index contributed by atoms with van der Waals surface area (Å²) in [5, 5.41) is 0. The predicted octanol–water partition coefficient (Wildman–Crippen LogP) is 1.67. The molecule has 0 spiro atoms. The van der Waals surface area contributed by atoms with E-state index in [1.165, 1.54) is 27.7 Å². The van der Waals surface area contributed by atoms with Crippen LogP contribution in [0.4, 0.5) is 0 Å². The molecule has 1 aliphatic heterocycles. The third-order valence-corrected chi connectivity index (χ3v) is 4.35. The van der Waals surface area contributed by atoms with Crippen LogP contribution in [0.15, 0.2) is 24.3 Å². The molecule has 1 heterocycles. The third kappa shape index (κ3) is 6.03. The lowest BCUT2D eigenvalue weighted by molar-refractivity contribution is -0.254. The van der Waals surface area contributed by atoms with Crippen LogP contribution in [-0.4, -0.2) is 54.9 Å². The number of ether oxygens (including phenoxy) is 5. The lowest BCUT2D eigenvalue weighted by atomic mass is 9.89. The Hall–Kier alpha value is -2.94. The Morgan fingerprint density at radius 3 is 1.90 bits per heavy atom. The normalized spacial score (nSPS) is 25.7. The molecule has 0 aliphatic carbocycles. The zero-order valence-corrected chi connectivity index (χ0v) is 17.3. The average Bonchev–Trinajstić information content (AvgIpc) is 2.63. The highest BCUT2D eigenvalue weighted by Crippen LogP contribution is 2.38. The molecule has 9 heteroatoms. The van der Waals surface area contributed by atoms with Gasteiger partial charge in [0.2, 0.25) is 0 Å². The van der Waals surface area contributed by atoms with Crippen LogP contribution in [0.5, 0.6) is 0 Å². The molecule has 0 N–H and O–H groups in total. The Morgan fingerprint density at radius 2 is 1.37 bits per heavy atom. The molecule has 1 aromatic rings. The van der Waals surface area contributed by atoms with Gasteiger partial charge in [-0.3, -0.25) is 19.2 Å². The lowest BCUT2D eigenvalue weighted by Gasteiger charge is -2.44. The van der Waals surface area contributed by atoms with Gasteiger partial charge in [-0.1, -0.05) is 24.3 Å². The molecule has 0 amide bonds. The summed E-state index contributed by atoms with van der Waals surface area (Å²) in [7, 11) is 0. The zero-order valence-electron chi connectivity index (χ0n) is 17.3. The summed E-state index contributed by atoms with van der Waals surface area (Å²) in [6, 6.07) is 6.99. The van der Waals surface area contributed by atoms with Crippen LogP contribution in [0.25, 0.3) is 0 Å². The molecule has 163 valence electrons. The zero-order chi connectivity index (χ0) is 22.4. The van der Waals surface area contributed by atoms with Gasteiger partial charge in [-0.05, 0) is 18.1 Å². The van der Waals surface area contributed by atoms with Crippen molar-refractivity contribution < 1.29 is 42.9 Å². The number of esters is 4. The van der Waals surface area contributed by atoms with Crippen LogP contribution >= 0.6 is 0 Å². The van der Waals surface area contributed by atoms with E-state index < -0.39 is 54.4 Å². The van der Waals surface area contributed by atoms with Crippen molar-refractivity contribution in [3.8, 4) is 0 Å². The first-order chi connectivity index (χ1) is 14.1. The molecule has 1 fully saturated rings. The molecule has 0 aromatic heterocycles. The standard InChI is InChI=1S/C21H25O9/c1-11-8-6-7-9-16(11)18-20(28-14(4)24)21(29-15(5)25)19(27-13(3)23)17(30-18)10-26-12(2)22/h6-9,17-21H,1,10H2,2-5H3/t17-,18+,19+,20+,21+/m1/s1. The van der Waals surface area contributed by atoms with Gasteiger partial charge in [0.05, 0.1) is 0 Å². The summed E-state index contributed by atoms with van der Waals surface area (Å²) in [6.07, 6.45) is -5.41. The summed E-state index contributed by atoms with van der Waals surface area (Å²) in [5.41, 5.74) is 1.17. The molecular weight excluding hydrogens is 396 g/mol. The van der Waals surface area contributed by atoms with E-state index in [1.54, 1.807) is 24.3 Å². The van der Waals surface area contributed by atoms with E-state index in [4.69, 9.17) is 23.7 Å². The van der Waals surface area contributed by atoms with Crippen LogP contribution < -0.4 is 0 Å². The topological polar surface area (TPSA) is 114 Å². The molecule has 1 aliphatic rings. The van der Waals surface area contributed by atoms with Crippen LogP contribution in [0.2, 0.25) is 0 Å². The third-order valence-electron chi connectivity index (χ3n) is 4.35. The summed E-state index contributed by atoms with van der Waals surface area (Å²) in [5.74, 6) is -2.57. The number of benzene rings is 1. The Bertz CT molecular complexity index is 803. The smallest absolute Gasteiger partial charge is 0.303 e. The maximum Gasteiger partial charge on any atom is 0.303 e. The van der Waals surface area contributed by atoms with Gasteiger partial charge in [-0.2, -0.15) is 0 Å². The minimum absolute atomic E-state index is 0.270. The van der Waals surface area contributed by atoms with Gasteiger partial charge < -0.3 is 23.7 Å². The van der Waals surface area contributed by atoms with Gasteiger partial charge >= 0.3 is 23.9 Å². The number of rotatable bonds is 6. The molecule has 0 saturated carbocycles. The average molecular weight is 421 g/mol. The molecule has 1 radical (unpaired) electrons. The maximum absolute atomic E-state index is 11.8. The molecule has 2 rings (SSSR count). The Kier molecular flexibility index (Phi) is 7.93. The number of carbonyl (C=O) groups is 4. The predicted molar refractivity (Wildman–Crippen MR) is 102 cm³/mol. The van der Waals surface area contributed by atoms with E-state index in [1.807, 2.05) is 0 Å². The number of hydrogen-bond acceptors (Lipinski definition) is 9. The molecule has 0 unspecified atom stereocenters. The van der Waals surface area contributed by atoms with Gasteiger partial charge in [-0.25, -0.2) is 0 Å². The van der Waals surface area contributed by atoms with E-state index >= 15 is 0 Å². The van der Waals surface area contributed by atoms with Gasteiger partial charge in [0, 0.05) is 27.7 Å². The summed E-state index contributed by atoms with van der Waals surface area (Å²) in [4.78, 5) is 46.7. The van der Waals surface area contributed by atoms with Crippen molar-refractivity contribution in [2.75, 3.05) is 6.61 Å². The summed E-state index contributed by atoms with van der Waals surface area (Å²) in [6.45, 7) is 8.46. The van der Waals surface area contributed by atoms with Crippen LogP contribution in [-0.2, 0) is 42.9 Å². The fraction of sp³-hybridized carbons (Fsp3) is 0.476. The van der Waals surface area contributed by atoms with Crippen LogP contribution in [0, 0.1) is 6.92 Å². The summed E-state index contributed by atoms with van der Waals surface area (Å²) < 4.78 is 27.3. The van der Waals surface area contributed by atoms with E-state index in [0.717, 1.165) is 0 Å². The SMILES string of the molecule is [CH2]c1ccccc1[C@@H]1O[C@H](COC(C)=O)[C@H](OC(C)=O)[C@H](OC(C)=O)[C@H]1OC(C)=O. The highest BCUT2D eigenvalue weighted by Gasteiger charge is 2.52. The number of hydrogen-bond donors (Lipinski definition) is 0. The molecule has 30 heavy (non-hydrogen) atoms. The van der Waals surface area contributed by atoms with Crippen molar-refractivity contribution in [2.24, 2.45) is 0 Å². The van der Waals surface area contributed by atoms with Crippen LogP contribution in [0.3, 0.4) is 0 Å². The van der Waals surface area contributed by atoms with Crippen molar-refractivity contribution in [1.82, 2.24) is 0 Å². The minimum atomic E-state index is -1.20. The van der Waals surface area contributed by atoms with Gasteiger partial charge in [0.1, 0.15) is 18.8 Å². The van der Waals surface area contributed by atoms with Crippen molar-refractivity contribution in [1.29, 1.82) is 0 Å². The van der Waals surface area contributed by atoms with Gasteiger partial charge in [-0.15, -0.1) is 0 Å². The fourth-order valence-corrected chi connectivity index (χ4v) is 3.29. The fourth-order valence-electron chi connectivity index (χ4n) is 3.29. The second-order valence-corrected chi connectivity index (χ2v) is 6.82. The minimum Gasteiger partial charge on any atom is -0.463 e. The van der Waals surface area contributed by atoms with E-state index in [0.29, 0.717) is 11.1 Å². The first-order valence-corrected chi connectivity index (χ1v) is 9.31. The molecule has 1 saturated heterocycles. The highest BCUT2D eigenvalue weighted by molar-refractivity contribution is 5.69. The Morgan fingerprint density at radius 1 is 0.833 bits per heavy atom. The first-order valence-electron chi connectivity index (χ1n) is 9.31. The maximum atomic E-state index is 11.8. The van der Waals surface area contributed by atoms with E-state index in [-0.39, 0.29) is 6.61 Å². The second kappa shape index (κ2) is 10.2.